The van der Waals surface area contributed by atoms with Crippen molar-refractivity contribution in [1.82, 2.24) is 29.6 Å². The first kappa shape index (κ1) is 34.9. The topological polar surface area (TPSA) is 104 Å². The van der Waals surface area contributed by atoms with Gasteiger partial charge in [0.2, 0.25) is 0 Å². The van der Waals surface area contributed by atoms with Crippen molar-refractivity contribution in [3.05, 3.63) is 125 Å². The number of aryl methyl sites for hydroxylation is 5. The SMILES string of the molecule is Cc1ccc(CN(Cc2ccc(C)c(C)c2)c2nc(-c3cnccc3C)cc3cc(Nc4cnn(C5CN(C6COC6)CCC5O)c4)ncc23)cc1C. The number of piperidine rings is 1. The van der Waals surface area contributed by atoms with E-state index >= 15 is 0 Å². The van der Waals surface area contributed by atoms with Gasteiger partial charge in [0, 0.05) is 61.9 Å². The lowest BCUT2D eigenvalue weighted by atomic mass is 10.00. The van der Waals surface area contributed by atoms with Crippen LogP contribution in [0.2, 0.25) is 0 Å². The Balaban J connectivity index is 1.17. The summed E-state index contributed by atoms with van der Waals surface area (Å²) >= 11 is 0. The summed E-state index contributed by atoms with van der Waals surface area (Å²) in [5.41, 5.74) is 11.3. The van der Waals surface area contributed by atoms with Gasteiger partial charge in [0.1, 0.15) is 11.6 Å². The van der Waals surface area contributed by atoms with Crippen molar-refractivity contribution in [3.8, 4) is 11.3 Å². The molecule has 0 radical (unpaired) electrons. The molecule has 2 N–H and O–H groups in total. The van der Waals surface area contributed by atoms with Gasteiger partial charge in [0.05, 0.1) is 49.0 Å². The highest BCUT2D eigenvalue weighted by atomic mass is 16.5. The summed E-state index contributed by atoms with van der Waals surface area (Å²) in [7, 11) is 0. The Morgan fingerprint density at radius 2 is 1.58 bits per heavy atom. The monoisotopic (exact) mass is 708 g/mol. The maximum absolute atomic E-state index is 10.9. The van der Waals surface area contributed by atoms with Gasteiger partial charge in [0.25, 0.3) is 0 Å². The molecule has 6 aromatic rings. The molecule has 0 spiro atoms. The number of aliphatic hydroxyl groups excluding tert-OH is 1. The number of pyridine rings is 3. The summed E-state index contributed by atoms with van der Waals surface area (Å²) in [5.74, 6) is 1.58. The molecule has 53 heavy (non-hydrogen) atoms. The molecule has 2 saturated heterocycles. The molecule has 0 amide bonds. The van der Waals surface area contributed by atoms with Crippen molar-refractivity contribution >= 4 is 28.1 Å². The van der Waals surface area contributed by atoms with Crippen LogP contribution in [0.4, 0.5) is 17.3 Å². The van der Waals surface area contributed by atoms with E-state index in [4.69, 9.17) is 14.7 Å². The van der Waals surface area contributed by atoms with Gasteiger partial charge in [0.15, 0.2) is 0 Å². The third-order valence-electron chi connectivity index (χ3n) is 11.1. The molecule has 2 unspecified atom stereocenters. The number of aliphatic hydroxyl groups is 1. The largest absolute Gasteiger partial charge is 0.391 e. The zero-order chi connectivity index (χ0) is 36.6. The number of hydrogen-bond acceptors (Lipinski definition) is 9. The highest BCUT2D eigenvalue weighted by Crippen LogP contribution is 2.35. The maximum Gasteiger partial charge on any atom is 0.139 e. The van der Waals surface area contributed by atoms with Crippen LogP contribution in [0.3, 0.4) is 0 Å². The molecular weight excluding hydrogens is 661 g/mol. The Morgan fingerprint density at radius 3 is 2.25 bits per heavy atom. The number of nitrogens with one attached hydrogen (secondary N) is 1. The molecule has 0 bridgehead atoms. The van der Waals surface area contributed by atoms with Crippen LogP contribution >= 0.6 is 0 Å². The van der Waals surface area contributed by atoms with Crippen molar-refractivity contribution < 1.29 is 9.84 Å². The fourth-order valence-electron chi connectivity index (χ4n) is 7.46. The van der Waals surface area contributed by atoms with Gasteiger partial charge in [-0.05, 0) is 104 Å². The Bertz CT molecular complexity index is 2210. The minimum atomic E-state index is -0.449. The molecule has 2 aromatic carbocycles. The van der Waals surface area contributed by atoms with Crippen LogP contribution in [0.5, 0.6) is 0 Å². The molecule has 2 atom stereocenters. The summed E-state index contributed by atoms with van der Waals surface area (Å²) in [6, 6.07) is 20.0. The normalized spacial score (nSPS) is 17.9. The quantitative estimate of drug-likeness (QED) is 0.151. The number of aromatic nitrogens is 5. The van der Waals surface area contributed by atoms with E-state index in [1.165, 1.54) is 33.4 Å². The Kier molecular flexibility index (Phi) is 9.68. The number of hydrogen-bond donors (Lipinski definition) is 2. The van der Waals surface area contributed by atoms with Gasteiger partial charge >= 0.3 is 0 Å². The van der Waals surface area contributed by atoms with Crippen molar-refractivity contribution in [1.29, 1.82) is 0 Å². The molecule has 272 valence electrons. The van der Waals surface area contributed by atoms with E-state index in [0.29, 0.717) is 24.9 Å². The molecule has 2 fully saturated rings. The second-order valence-corrected chi connectivity index (χ2v) is 14.9. The number of benzene rings is 2. The average molecular weight is 709 g/mol. The lowest BCUT2D eigenvalue weighted by Gasteiger charge is -2.43. The van der Waals surface area contributed by atoms with E-state index in [1.54, 1.807) is 6.20 Å². The van der Waals surface area contributed by atoms with E-state index in [-0.39, 0.29) is 6.04 Å². The van der Waals surface area contributed by atoms with Crippen LogP contribution < -0.4 is 10.2 Å². The first-order valence-electron chi connectivity index (χ1n) is 18.6. The van der Waals surface area contributed by atoms with E-state index in [1.807, 2.05) is 35.5 Å². The number of anilines is 3. The molecule has 2 aliphatic heterocycles. The van der Waals surface area contributed by atoms with Gasteiger partial charge in [-0.1, -0.05) is 36.4 Å². The van der Waals surface area contributed by atoms with Crippen LogP contribution in [0, 0.1) is 34.6 Å². The highest BCUT2D eigenvalue weighted by Gasteiger charge is 2.35. The number of likely N-dealkylation sites (tertiary alicyclic amines) is 1. The number of fused-ring (bicyclic) bond motifs is 1. The maximum atomic E-state index is 10.9. The Hall–Kier alpha value is -5.16. The molecule has 6 heterocycles. The Morgan fingerprint density at radius 1 is 0.849 bits per heavy atom. The number of rotatable bonds is 10. The fourth-order valence-corrected chi connectivity index (χ4v) is 7.46. The van der Waals surface area contributed by atoms with Gasteiger partial charge in [-0.15, -0.1) is 0 Å². The standard InChI is InChI=1S/C43H48N8O2/c1-27-6-8-32(14-30(27)4)21-50(22-33-9-7-28(2)31(5)15-33)43-38-20-45-42(17-34(38)16-39(48-43)37-19-44-12-10-29(37)3)47-35-18-46-51(23-35)40-24-49(13-11-41(40)52)36-25-53-26-36/h6-10,12,14-20,23,36,40-41,52H,11,13,21-22,24-26H2,1-5H3,(H,45,47). The molecule has 2 aliphatic rings. The predicted molar refractivity (Wildman–Crippen MR) is 211 cm³/mol. The summed E-state index contributed by atoms with van der Waals surface area (Å²) in [6.07, 6.45) is 9.70. The molecule has 0 saturated carbocycles. The molecule has 8 rings (SSSR count). The summed E-state index contributed by atoms with van der Waals surface area (Å²) < 4.78 is 7.32. The van der Waals surface area contributed by atoms with Crippen molar-refractivity contribution in [3.63, 3.8) is 0 Å². The van der Waals surface area contributed by atoms with Gasteiger partial charge < -0.3 is 20.1 Å². The minimum Gasteiger partial charge on any atom is -0.391 e. The zero-order valence-electron chi connectivity index (χ0n) is 31.3. The van der Waals surface area contributed by atoms with Gasteiger partial charge in [-0.3, -0.25) is 14.6 Å². The van der Waals surface area contributed by atoms with Crippen LogP contribution in [-0.4, -0.2) is 73.2 Å². The molecule has 0 aliphatic carbocycles. The average Bonchev–Trinajstić information content (AvgIpc) is 3.59. The van der Waals surface area contributed by atoms with Crippen molar-refractivity contribution in [2.75, 3.05) is 36.5 Å². The van der Waals surface area contributed by atoms with Crippen molar-refractivity contribution in [2.45, 2.75) is 72.3 Å². The smallest absolute Gasteiger partial charge is 0.139 e. The fraction of sp³-hybridized carbons (Fsp3) is 0.349. The zero-order valence-corrected chi connectivity index (χ0v) is 31.3. The number of ether oxygens (including phenoxy) is 1. The van der Waals surface area contributed by atoms with Crippen LogP contribution in [0.25, 0.3) is 22.0 Å². The van der Waals surface area contributed by atoms with E-state index < -0.39 is 6.10 Å². The van der Waals surface area contributed by atoms with E-state index in [9.17, 15) is 5.11 Å². The van der Waals surface area contributed by atoms with Gasteiger partial charge in [-0.2, -0.15) is 5.10 Å². The number of nitrogens with zero attached hydrogens (tertiary/aromatic N) is 7. The second-order valence-electron chi connectivity index (χ2n) is 14.9. The summed E-state index contributed by atoms with van der Waals surface area (Å²) in [4.78, 5) is 19.6. The minimum absolute atomic E-state index is 0.121. The van der Waals surface area contributed by atoms with E-state index in [2.05, 4.69) is 108 Å². The third-order valence-corrected chi connectivity index (χ3v) is 11.1. The molecular formula is C43H48N8O2. The van der Waals surface area contributed by atoms with E-state index in [0.717, 1.165) is 71.8 Å². The molecule has 4 aromatic heterocycles. The first-order valence-corrected chi connectivity index (χ1v) is 18.6. The van der Waals surface area contributed by atoms with Crippen LogP contribution in [0.15, 0.2) is 85.6 Å². The first-order chi connectivity index (χ1) is 25.7. The van der Waals surface area contributed by atoms with Crippen molar-refractivity contribution in [2.24, 2.45) is 0 Å². The summed E-state index contributed by atoms with van der Waals surface area (Å²) in [5, 5.41) is 21.1. The molecule has 10 heteroatoms. The lowest BCUT2D eigenvalue weighted by molar-refractivity contribution is -0.0912. The van der Waals surface area contributed by atoms with Crippen LogP contribution in [-0.2, 0) is 17.8 Å². The predicted octanol–water partition coefficient (Wildman–Crippen LogP) is 7.39. The second kappa shape index (κ2) is 14.7. The van der Waals surface area contributed by atoms with Gasteiger partial charge in [-0.25, -0.2) is 9.97 Å². The highest BCUT2D eigenvalue weighted by molar-refractivity contribution is 5.96. The Labute approximate surface area is 311 Å². The third kappa shape index (κ3) is 7.40. The lowest BCUT2D eigenvalue weighted by Crippen LogP contribution is -2.55. The summed E-state index contributed by atoms with van der Waals surface area (Å²) in [6.45, 7) is 15.3. The van der Waals surface area contributed by atoms with Crippen LogP contribution in [0.1, 0.15) is 51.4 Å². The molecule has 10 nitrogen and oxygen atoms in total.